The summed E-state index contributed by atoms with van der Waals surface area (Å²) in [4.78, 5) is 27.4. The summed E-state index contributed by atoms with van der Waals surface area (Å²) in [6, 6.07) is 9.54. The summed E-state index contributed by atoms with van der Waals surface area (Å²) in [6.45, 7) is 1.97. The molecule has 1 N–H and O–H groups in total. The Morgan fingerprint density at radius 1 is 1.25 bits per heavy atom. The van der Waals surface area contributed by atoms with Gasteiger partial charge in [0.05, 0.1) is 10.9 Å². The van der Waals surface area contributed by atoms with Crippen molar-refractivity contribution in [1.29, 1.82) is 0 Å². The fourth-order valence-corrected chi connectivity index (χ4v) is 4.84. The summed E-state index contributed by atoms with van der Waals surface area (Å²) in [5.41, 5.74) is 1.08. The standard InChI is InChI=1S/C18H18ClNO2S2/c1-11-2-5-17(24-11)15(21)4-7-18(22)20-14-8-9-23-16-6-3-12(19)10-13(14)16/h2-3,5-6,10,14H,4,7-9H2,1H3,(H,20,22). The molecule has 24 heavy (non-hydrogen) atoms. The average Bonchev–Trinajstić information content (AvgIpc) is 3.00. The molecule has 1 amide bonds. The van der Waals surface area contributed by atoms with Crippen molar-refractivity contribution < 1.29 is 9.59 Å². The lowest BCUT2D eigenvalue weighted by molar-refractivity contribution is -0.121. The topological polar surface area (TPSA) is 46.2 Å². The lowest BCUT2D eigenvalue weighted by Crippen LogP contribution is -2.30. The predicted octanol–water partition coefficient (Wildman–Crippen LogP) is 5.03. The number of hydrogen-bond donors (Lipinski definition) is 1. The Labute approximate surface area is 154 Å². The second-order valence-electron chi connectivity index (χ2n) is 5.77. The maximum absolute atomic E-state index is 12.2. The van der Waals surface area contributed by atoms with Gasteiger partial charge in [-0.3, -0.25) is 9.59 Å². The molecule has 2 aromatic rings. The van der Waals surface area contributed by atoms with Crippen LogP contribution in [0.25, 0.3) is 0 Å². The third-order valence-corrected chi connectivity index (χ3v) is 6.34. The number of rotatable bonds is 5. The normalized spacial score (nSPS) is 16.5. The summed E-state index contributed by atoms with van der Waals surface area (Å²) < 4.78 is 0. The summed E-state index contributed by atoms with van der Waals surface area (Å²) in [7, 11) is 0. The van der Waals surface area contributed by atoms with Crippen molar-refractivity contribution in [3.8, 4) is 0 Å². The van der Waals surface area contributed by atoms with E-state index in [1.807, 2.05) is 37.3 Å². The molecule has 1 aromatic carbocycles. The van der Waals surface area contributed by atoms with Crippen LogP contribution in [0.2, 0.25) is 5.02 Å². The lowest BCUT2D eigenvalue weighted by Gasteiger charge is -2.26. The third kappa shape index (κ3) is 4.21. The van der Waals surface area contributed by atoms with Gasteiger partial charge in [-0.05, 0) is 49.2 Å². The number of halogens is 1. The van der Waals surface area contributed by atoms with E-state index in [-0.39, 0.29) is 30.6 Å². The highest BCUT2D eigenvalue weighted by Gasteiger charge is 2.23. The largest absolute Gasteiger partial charge is 0.349 e. The first-order valence-electron chi connectivity index (χ1n) is 7.84. The molecular formula is C18H18ClNO2S2. The molecule has 0 bridgehead atoms. The molecule has 0 fully saturated rings. The summed E-state index contributed by atoms with van der Waals surface area (Å²) in [5.74, 6) is 0.915. The lowest BCUT2D eigenvalue weighted by atomic mass is 10.0. The van der Waals surface area contributed by atoms with E-state index in [9.17, 15) is 9.59 Å². The zero-order valence-corrected chi connectivity index (χ0v) is 15.7. The van der Waals surface area contributed by atoms with Gasteiger partial charge in [0.15, 0.2) is 5.78 Å². The molecule has 1 aliphatic rings. The van der Waals surface area contributed by atoms with Gasteiger partial charge in [0.1, 0.15) is 0 Å². The van der Waals surface area contributed by atoms with E-state index >= 15 is 0 Å². The van der Waals surface area contributed by atoms with E-state index in [0.717, 1.165) is 27.5 Å². The number of carbonyl (C=O) groups is 2. The smallest absolute Gasteiger partial charge is 0.220 e. The van der Waals surface area contributed by atoms with E-state index in [1.54, 1.807) is 11.8 Å². The van der Waals surface area contributed by atoms with Crippen molar-refractivity contribution in [1.82, 2.24) is 5.32 Å². The summed E-state index contributed by atoms with van der Waals surface area (Å²) in [6.07, 6.45) is 1.34. The van der Waals surface area contributed by atoms with Crippen molar-refractivity contribution in [2.75, 3.05) is 5.75 Å². The summed E-state index contributed by atoms with van der Waals surface area (Å²) in [5, 5.41) is 3.73. The monoisotopic (exact) mass is 379 g/mol. The van der Waals surface area contributed by atoms with E-state index < -0.39 is 0 Å². The molecule has 0 spiro atoms. The number of Topliss-reactive ketones (excluding diaryl/α,β-unsaturated/α-hetero) is 1. The molecule has 2 heterocycles. The zero-order valence-electron chi connectivity index (χ0n) is 13.3. The molecular weight excluding hydrogens is 362 g/mol. The summed E-state index contributed by atoms with van der Waals surface area (Å²) >= 11 is 9.35. The Hall–Kier alpha value is -1.30. The number of hydrogen-bond acceptors (Lipinski definition) is 4. The Morgan fingerprint density at radius 3 is 2.83 bits per heavy atom. The molecule has 1 aliphatic heterocycles. The van der Waals surface area contributed by atoms with Crippen LogP contribution >= 0.6 is 34.7 Å². The fourth-order valence-electron chi connectivity index (χ4n) is 2.72. The first-order chi connectivity index (χ1) is 11.5. The third-order valence-electron chi connectivity index (χ3n) is 3.94. The van der Waals surface area contributed by atoms with Crippen molar-refractivity contribution in [3.05, 3.63) is 50.7 Å². The number of thiophene rings is 1. The highest BCUT2D eigenvalue weighted by atomic mass is 35.5. The molecule has 126 valence electrons. The molecule has 0 aliphatic carbocycles. The van der Waals surface area contributed by atoms with Gasteiger partial charge >= 0.3 is 0 Å². The zero-order chi connectivity index (χ0) is 17.1. The minimum atomic E-state index is -0.0838. The molecule has 1 aromatic heterocycles. The first-order valence-corrected chi connectivity index (χ1v) is 10.0. The maximum atomic E-state index is 12.2. The van der Waals surface area contributed by atoms with Gasteiger partial charge < -0.3 is 5.32 Å². The van der Waals surface area contributed by atoms with Crippen LogP contribution in [-0.4, -0.2) is 17.4 Å². The van der Waals surface area contributed by atoms with Crippen molar-refractivity contribution in [2.24, 2.45) is 0 Å². The Balaban J connectivity index is 1.58. The molecule has 0 saturated carbocycles. The molecule has 3 rings (SSSR count). The molecule has 1 unspecified atom stereocenters. The second kappa shape index (κ2) is 7.72. The Morgan fingerprint density at radius 2 is 2.08 bits per heavy atom. The van der Waals surface area contributed by atoms with Gasteiger partial charge in [0.25, 0.3) is 0 Å². The number of nitrogens with one attached hydrogen (secondary N) is 1. The average molecular weight is 380 g/mol. The fraction of sp³-hybridized carbons (Fsp3) is 0.333. The number of fused-ring (bicyclic) bond motifs is 1. The predicted molar refractivity (Wildman–Crippen MR) is 100 cm³/mol. The van der Waals surface area contributed by atoms with Gasteiger partial charge in [-0.25, -0.2) is 0 Å². The number of thioether (sulfide) groups is 1. The van der Waals surface area contributed by atoms with Crippen LogP contribution in [0.15, 0.2) is 35.2 Å². The number of aryl methyl sites for hydroxylation is 1. The van der Waals surface area contributed by atoms with Gasteiger partial charge in [-0.15, -0.1) is 23.1 Å². The highest BCUT2D eigenvalue weighted by Crippen LogP contribution is 2.37. The molecule has 0 radical (unpaired) electrons. The van der Waals surface area contributed by atoms with E-state index in [4.69, 9.17) is 11.6 Å². The number of ketones is 1. The van der Waals surface area contributed by atoms with Crippen LogP contribution in [0.3, 0.4) is 0 Å². The van der Waals surface area contributed by atoms with Gasteiger partial charge in [-0.1, -0.05) is 11.6 Å². The molecule has 0 saturated heterocycles. The molecule has 6 heteroatoms. The van der Waals surface area contributed by atoms with Crippen molar-refractivity contribution >= 4 is 46.4 Å². The number of amides is 1. The van der Waals surface area contributed by atoms with E-state index in [0.29, 0.717) is 5.02 Å². The van der Waals surface area contributed by atoms with Crippen LogP contribution in [0.4, 0.5) is 0 Å². The highest BCUT2D eigenvalue weighted by molar-refractivity contribution is 7.99. The molecule has 1 atom stereocenters. The maximum Gasteiger partial charge on any atom is 0.220 e. The number of benzene rings is 1. The SMILES string of the molecule is Cc1ccc(C(=O)CCC(=O)NC2CCSc3ccc(Cl)cc32)s1. The van der Waals surface area contributed by atoms with Crippen LogP contribution in [0.1, 0.15) is 45.4 Å². The van der Waals surface area contributed by atoms with Crippen molar-refractivity contribution in [2.45, 2.75) is 37.1 Å². The minimum absolute atomic E-state index is 0.0217. The Bertz CT molecular complexity index is 772. The van der Waals surface area contributed by atoms with E-state index in [1.165, 1.54) is 16.2 Å². The van der Waals surface area contributed by atoms with Crippen LogP contribution < -0.4 is 5.32 Å². The van der Waals surface area contributed by atoms with Crippen LogP contribution in [-0.2, 0) is 4.79 Å². The number of carbonyl (C=O) groups excluding carboxylic acids is 2. The van der Waals surface area contributed by atoms with Gasteiger partial charge in [0, 0.05) is 33.4 Å². The second-order valence-corrected chi connectivity index (χ2v) is 8.63. The first kappa shape index (κ1) is 17.5. The quantitative estimate of drug-likeness (QED) is 0.741. The van der Waals surface area contributed by atoms with Crippen LogP contribution in [0.5, 0.6) is 0 Å². The van der Waals surface area contributed by atoms with Gasteiger partial charge in [-0.2, -0.15) is 0 Å². The minimum Gasteiger partial charge on any atom is -0.349 e. The Kier molecular flexibility index (Phi) is 5.64. The van der Waals surface area contributed by atoms with Crippen molar-refractivity contribution in [3.63, 3.8) is 0 Å². The van der Waals surface area contributed by atoms with E-state index in [2.05, 4.69) is 5.32 Å². The van der Waals surface area contributed by atoms with Crippen LogP contribution in [0, 0.1) is 6.92 Å². The van der Waals surface area contributed by atoms with Gasteiger partial charge in [0.2, 0.25) is 5.91 Å². The molecule has 3 nitrogen and oxygen atoms in total.